The SMILES string of the molecule is CCOC(=O)C1CCN(C(=O)[C@@H](C)C2CCN(S(=O)(=O)c3ccc(Cl)s3)CC2)CC1. The predicted molar refractivity (Wildman–Crippen MR) is 116 cm³/mol. The maximum atomic E-state index is 13.0. The first kappa shape index (κ1) is 23.5. The van der Waals surface area contributed by atoms with E-state index in [0.717, 1.165) is 11.3 Å². The van der Waals surface area contributed by atoms with Gasteiger partial charge in [0.05, 0.1) is 16.9 Å². The number of rotatable bonds is 6. The van der Waals surface area contributed by atoms with Gasteiger partial charge in [0.25, 0.3) is 10.0 Å². The molecule has 2 aliphatic heterocycles. The molecule has 0 unspecified atom stereocenters. The zero-order chi connectivity index (χ0) is 21.9. The van der Waals surface area contributed by atoms with E-state index in [1.807, 2.05) is 11.8 Å². The van der Waals surface area contributed by atoms with Crippen molar-refractivity contribution < 1.29 is 22.7 Å². The van der Waals surface area contributed by atoms with Gasteiger partial charge in [-0.15, -0.1) is 11.3 Å². The molecule has 2 saturated heterocycles. The van der Waals surface area contributed by atoms with Gasteiger partial charge in [-0.3, -0.25) is 9.59 Å². The largest absolute Gasteiger partial charge is 0.466 e. The molecule has 1 atom stereocenters. The number of carbonyl (C=O) groups excluding carboxylic acids is 2. The highest BCUT2D eigenvalue weighted by Gasteiger charge is 2.36. The van der Waals surface area contributed by atoms with Gasteiger partial charge in [-0.05, 0) is 50.7 Å². The molecular weight excluding hydrogens is 448 g/mol. The van der Waals surface area contributed by atoms with Crippen LogP contribution in [0, 0.1) is 17.8 Å². The van der Waals surface area contributed by atoms with Crippen LogP contribution in [0.15, 0.2) is 16.3 Å². The van der Waals surface area contributed by atoms with Gasteiger partial charge in [0.1, 0.15) is 4.21 Å². The summed E-state index contributed by atoms with van der Waals surface area (Å²) >= 11 is 6.95. The third kappa shape index (κ3) is 5.18. The Morgan fingerprint density at radius 3 is 2.33 bits per heavy atom. The van der Waals surface area contributed by atoms with Crippen molar-refractivity contribution in [3.63, 3.8) is 0 Å². The van der Waals surface area contributed by atoms with Crippen molar-refractivity contribution in [1.82, 2.24) is 9.21 Å². The Hall–Kier alpha value is -1.16. The lowest BCUT2D eigenvalue weighted by Gasteiger charge is -2.37. The van der Waals surface area contributed by atoms with Crippen LogP contribution in [0.2, 0.25) is 4.34 Å². The third-order valence-corrected chi connectivity index (χ3v) is 9.76. The zero-order valence-corrected chi connectivity index (χ0v) is 19.8. The van der Waals surface area contributed by atoms with Gasteiger partial charge in [-0.25, -0.2) is 8.42 Å². The molecule has 0 aliphatic carbocycles. The van der Waals surface area contributed by atoms with Crippen LogP contribution in [0.25, 0.3) is 0 Å². The van der Waals surface area contributed by atoms with Crippen LogP contribution in [0.4, 0.5) is 0 Å². The van der Waals surface area contributed by atoms with Crippen LogP contribution in [-0.4, -0.2) is 62.3 Å². The second-order valence-electron chi connectivity index (χ2n) is 7.94. The summed E-state index contributed by atoms with van der Waals surface area (Å²) < 4.78 is 32.8. The summed E-state index contributed by atoms with van der Waals surface area (Å²) in [4.78, 5) is 26.7. The Labute approximate surface area is 187 Å². The van der Waals surface area contributed by atoms with Crippen LogP contribution >= 0.6 is 22.9 Å². The van der Waals surface area contributed by atoms with E-state index in [0.29, 0.717) is 62.8 Å². The molecule has 7 nitrogen and oxygen atoms in total. The standard InChI is InChI=1S/C20H29ClN2O5S2/c1-3-28-20(25)16-6-10-22(11-7-16)19(24)14(2)15-8-12-23(13-9-15)30(26,27)18-5-4-17(21)29-18/h4-5,14-16H,3,6-13H2,1-2H3/t14-/m0/s1. The maximum Gasteiger partial charge on any atom is 0.309 e. The molecule has 2 fully saturated rings. The van der Waals surface area contributed by atoms with Gasteiger partial charge in [-0.2, -0.15) is 4.31 Å². The van der Waals surface area contributed by atoms with Crippen molar-refractivity contribution >= 4 is 44.8 Å². The Morgan fingerprint density at radius 2 is 1.80 bits per heavy atom. The molecule has 0 N–H and O–H groups in total. The van der Waals surface area contributed by atoms with Crippen molar-refractivity contribution in [3.8, 4) is 0 Å². The second kappa shape index (κ2) is 9.97. The van der Waals surface area contributed by atoms with E-state index >= 15 is 0 Å². The van der Waals surface area contributed by atoms with E-state index < -0.39 is 10.0 Å². The van der Waals surface area contributed by atoms with Crippen LogP contribution in [0.5, 0.6) is 0 Å². The summed E-state index contributed by atoms with van der Waals surface area (Å²) in [6.45, 7) is 6.06. The highest BCUT2D eigenvalue weighted by molar-refractivity contribution is 7.91. The Kier molecular flexibility index (Phi) is 7.81. The van der Waals surface area contributed by atoms with Crippen LogP contribution in [0.1, 0.15) is 39.5 Å². The van der Waals surface area contributed by atoms with Gasteiger partial charge < -0.3 is 9.64 Å². The average Bonchev–Trinajstić information content (AvgIpc) is 3.20. The van der Waals surface area contributed by atoms with Crippen LogP contribution in [0.3, 0.4) is 0 Å². The zero-order valence-electron chi connectivity index (χ0n) is 17.4. The number of sulfonamides is 1. The van der Waals surface area contributed by atoms with E-state index in [1.165, 1.54) is 4.31 Å². The molecule has 3 heterocycles. The fourth-order valence-electron chi connectivity index (χ4n) is 4.27. The fourth-order valence-corrected chi connectivity index (χ4v) is 7.37. The summed E-state index contributed by atoms with van der Waals surface area (Å²) in [5.74, 6) is -0.200. The third-order valence-electron chi connectivity index (χ3n) is 6.16. The molecule has 0 spiro atoms. The van der Waals surface area contributed by atoms with Crippen molar-refractivity contribution in [2.24, 2.45) is 17.8 Å². The van der Waals surface area contributed by atoms with Gasteiger partial charge in [0.15, 0.2) is 0 Å². The molecular formula is C20H29ClN2O5S2. The molecule has 1 amide bonds. The smallest absolute Gasteiger partial charge is 0.309 e. The van der Waals surface area contributed by atoms with Crippen LogP contribution < -0.4 is 0 Å². The van der Waals surface area contributed by atoms with Crippen molar-refractivity contribution in [2.45, 2.75) is 43.7 Å². The monoisotopic (exact) mass is 476 g/mol. The van der Waals surface area contributed by atoms with E-state index in [1.54, 1.807) is 19.1 Å². The average molecular weight is 477 g/mol. The Balaban J connectivity index is 1.51. The number of amides is 1. The van der Waals surface area contributed by atoms with E-state index in [2.05, 4.69) is 0 Å². The first-order chi connectivity index (χ1) is 14.2. The van der Waals surface area contributed by atoms with Gasteiger partial charge >= 0.3 is 5.97 Å². The van der Waals surface area contributed by atoms with Gasteiger partial charge in [0.2, 0.25) is 5.91 Å². The number of esters is 1. The van der Waals surface area contributed by atoms with Crippen molar-refractivity contribution in [2.75, 3.05) is 32.8 Å². The molecule has 1 aromatic rings. The predicted octanol–water partition coefficient (Wildman–Crippen LogP) is 3.24. The summed E-state index contributed by atoms with van der Waals surface area (Å²) in [5.41, 5.74) is 0. The number of piperidine rings is 2. The molecule has 30 heavy (non-hydrogen) atoms. The quantitative estimate of drug-likeness (QED) is 0.588. The maximum absolute atomic E-state index is 13.0. The summed E-state index contributed by atoms with van der Waals surface area (Å²) in [6, 6.07) is 3.14. The second-order valence-corrected chi connectivity index (χ2v) is 11.8. The normalized spacial score (nSPS) is 20.8. The molecule has 0 aromatic carbocycles. The molecule has 2 aliphatic rings. The number of hydrogen-bond donors (Lipinski definition) is 0. The highest BCUT2D eigenvalue weighted by atomic mass is 35.5. The van der Waals surface area contributed by atoms with Crippen LogP contribution in [-0.2, 0) is 24.3 Å². The minimum atomic E-state index is -3.52. The van der Waals surface area contributed by atoms with Gasteiger partial charge in [0, 0.05) is 32.1 Å². The molecule has 0 radical (unpaired) electrons. The molecule has 0 bridgehead atoms. The fraction of sp³-hybridized carbons (Fsp3) is 0.700. The molecule has 3 rings (SSSR count). The summed E-state index contributed by atoms with van der Waals surface area (Å²) in [6.07, 6.45) is 2.59. The number of carbonyl (C=O) groups is 2. The lowest BCUT2D eigenvalue weighted by atomic mass is 9.84. The molecule has 0 saturated carbocycles. The number of nitrogens with zero attached hydrogens (tertiary/aromatic N) is 2. The summed E-state index contributed by atoms with van der Waals surface area (Å²) in [7, 11) is -3.52. The summed E-state index contributed by atoms with van der Waals surface area (Å²) in [5, 5.41) is 0. The molecule has 1 aromatic heterocycles. The minimum Gasteiger partial charge on any atom is -0.466 e. The minimum absolute atomic E-state index is 0.101. The Morgan fingerprint density at radius 1 is 1.17 bits per heavy atom. The van der Waals surface area contributed by atoms with E-state index in [-0.39, 0.29) is 33.8 Å². The molecule has 10 heteroatoms. The topological polar surface area (TPSA) is 84.0 Å². The Bertz CT molecular complexity index is 856. The van der Waals surface area contributed by atoms with Crippen molar-refractivity contribution in [3.05, 3.63) is 16.5 Å². The number of halogens is 1. The number of thiophene rings is 1. The molecule has 168 valence electrons. The van der Waals surface area contributed by atoms with Gasteiger partial charge in [-0.1, -0.05) is 18.5 Å². The lowest BCUT2D eigenvalue weighted by molar-refractivity contribution is -0.152. The number of ether oxygens (including phenoxy) is 1. The first-order valence-corrected chi connectivity index (χ1v) is 13.1. The first-order valence-electron chi connectivity index (χ1n) is 10.4. The van der Waals surface area contributed by atoms with E-state index in [9.17, 15) is 18.0 Å². The highest BCUT2D eigenvalue weighted by Crippen LogP contribution is 2.33. The number of likely N-dealkylation sites (tertiary alicyclic amines) is 1. The van der Waals surface area contributed by atoms with E-state index in [4.69, 9.17) is 16.3 Å². The lowest BCUT2D eigenvalue weighted by Crippen LogP contribution is -2.46. The number of hydrogen-bond acceptors (Lipinski definition) is 6. The van der Waals surface area contributed by atoms with Crippen molar-refractivity contribution in [1.29, 1.82) is 0 Å².